The van der Waals surface area contributed by atoms with Gasteiger partial charge >= 0.3 is 0 Å². The summed E-state index contributed by atoms with van der Waals surface area (Å²) in [6.07, 6.45) is 1.96. The number of amides is 1. The second-order valence-electron chi connectivity index (χ2n) is 7.81. The summed E-state index contributed by atoms with van der Waals surface area (Å²) in [7, 11) is 1.66. The SMILES string of the molecule is COCCN(Cc1c(-c2cccc(C)c2)noc1N1CCOCC1)C(=O)C1CC1. The van der Waals surface area contributed by atoms with E-state index in [0.717, 1.165) is 54.2 Å². The molecule has 1 aliphatic carbocycles. The van der Waals surface area contributed by atoms with Crippen LogP contribution >= 0.6 is 0 Å². The number of anilines is 1. The van der Waals surface area contributed by atoms with Gasteiger partial charge in [0.2, 0.25) is 11.8 Å². The van der Waals surface area contributed by atoms with Crippen molar-refractivity contribution in [2.24, 2.45) is 5.92 Å². The molecular weight excluding hydrogens is 370 g/mol. The molecule has 156 valence electrons. The van der Waals surface area contributed by atoms with Gasteiger partial charge in [0.05, 0.1) is 31.9 Å². The highest BCUT2D eigenvalue weighted by atomic mass is 16.5. The second kappa shape index (κ2) is 8.97. The van der Waals surface area contributed by atoms with Crippen LogP contribution < -0.4 is 4.90 Å². The van der Waals surface area contributed by atoms with Gasteiger partial charge in [-0.25, -0.2) is 0 Å². The smallest absolute Gasteiger partial charge is 0.233 e. The van der Waals surface area contributed by atoms with E-state index in [4.69, 9.17) is 14.0 Å². The Labute approximate surface area is 171 Å². The number of aromatic nitrogens is 1. The van der Waals surface area contributed by atoms with Gasteiger partial charge in [-0.1, -0.05) is 28.9 Å². The number of hydrogen-bond acceptors (Lipinski definition) is 6. The van der Waals surface area contributed by atoms with E-state index in [0.29, 0.717) is 32.9 Å². The van der Waals surface area contributed by atoms with Gasteiger partial charge in [0, 0.05) is 38.2 Å². The largest absolute Gasteiger partial charge is 0.383 e. The number of nitrogens with zero attached hydrogens (tertiary/aromatic N) is 3. The average molecular weight is 399 g/mol. The zero-order valence-corrected chi connectivity index (χ0v) is 17.2. The molecule has 0 bridgehead atoms. The number of morpholine rings is 1. The van der Waals surface area contributed by atoms with E-state index < -0.39 is 0 Å². The summed E-state index contributed by atoms with van der Waals surface area (Å²) < 4.78 is 16.6. The molecule has 0 unspecified atom stereocenters. The van der Waals surface area contributed by atoms with Crippen molar-refractivity contribution < 1.29 is 18.8 Å². The van der Waals surface area contributed by atoms with Crippen molar-refractivity contribution in [1.29, 1.82) is 0 Å². The predicted molar refractivity (Wildman–Crippen MR) is 110 cm³/mol. The van der Waals surface area contributed by atoms with Crippen molar-refractivity contribution in [2.45, 2.75) is 26.3 Å². The first-order valence-corrected chi connectivity index (χ1v) is 10.3. The van der Waals surface area contributed by atoms with Crippen LogP contribution in [0.2, 0.25) is 0 Å². The summed E-state index contributed by atoms with van der Waals surface area (Å²) in [5, 5.41) is 4.43. The third-order valence-corrected chi connectivity index (χ3v) is 5.51. The molecule has 0 N–H and O–H groups in total. The van der Waals surface area contributed by atoms with E-state index in [2.05, 4.69) is 29.1 Å². The number of ether oxygens (including phenoxy) is 2. The van der Waals surface area contributed by atoms with Crippen molar-refractivity contribution in [3.63, 3.8) is 0 Å². The number of rotatable bonds is 8. The maximum absolute atomic E-state index is 12.9. The third-order valence-electron chi connectivity index (χ3n) is 5.51. The van der Waals surface area contributed by atoms with Crippen molar-refractivity contribution in [2.75, 3.05) is 51.5 Å². The van der Waals surface area contributed by atoms with Crippen molar-refractivity contribution in [3.05, 3.63) is 35.4 Å². The van der Waals surface area contributed by atoms with E-state index in [-0.39, 0.29) is 11.8 Å². The Balaban J connectivity index is 1.69. The summed E-state index contributed by atoms with van der Waals surface area (Å²) in [4.78, 5) is 17.0. The van der Waals surface area contributed by atoms with Crippen LogP contribution in [0, 0.1) is 12.8 Å². The molecule has 1 saturated heterocycles. The molecule has 0 radical (unpaired) electrons. The number of aryl methyl sites for hydroxylation is 1. The normalized spacial score (nSPS) is 16.8. The van der Waals surface area contributed by atoms with Gasteiger partial charge in [0.25, 0.3) is 0 Å². The standard InChI is InChI=1S/C22H29N3O4/c1-16-4-3-5-18(14-16)20-19(22(29-23-20)24-9-12-28-13-10-24)15-25(8-11-27-2)21(26)17-6-7-17/h3-5,14,17H,6-13,15H2,1-2H3. The van der Waals surface area contributed by atoms with Crippen LogP contribution in [-0.2, 0) is 20.8 Å². The van der Waals surface area contributed by atoms with Crippen molar-refractivity contribution >= 4 is 11.8 Å². The number of carbonyl (C=O) groups excluding carboxylic acids is 1. The molecule has 0 atom stereocenters. The fraction of sp³-hybridized carbons (Fsp3) is 0.545. The van der Waals surface area contributed by atoms with Gasteiger partial charge in [0.15, 0.2) is 0 Å². The summed E-state index contributed by atoms with van der Waals surface area (Å²) in [6, 6.07) is 8.23. The molecule has 0 spiro atoms. The van der Waals surface area contributed by atoms with Crippen LogP contribution in [0.3, 0.4) is 0 Å². The molecule has 2 fully saturated rings. The summed E-state index contributed by atoms with van der Waals surface area (Å²) in [6.45, 7) is 6.44. The maximum Gasteiger partial charge on any atom is 0.233 e. The second-order valence-corrected chi connectivity index (χ2v) is 7.81. The van der Waals surface area contributed by atoms with E-state index >= 15 is 0 Å². The highest BCUT2D eigenvalue weighted by molar-refractivity contribution is 5.81. The maximum atomic E-state index is 12.9. The Morgan fingerprint density at radius 1 is 1.31 bits per heavy atom. The van der Waals surface area contributed by atoms with Gasteiger partial charge in [-0.15, -0.1) is 0 Å². The van der Waals surface area contributed by atoms with Crippen LogP contribution in [0.15, 0.2) is 28.8 Å². The molecular formula is C22H29N3O4. The Morgan fingerprint density at radius 2 is 2.10 bits per heavy atom. The van der Waals surface area contributed by atoms with Crippen LogP contribution in [-0.4, -0.2) is 62.5 Å². The van der Waals surface area contributed by atoms with Gasteiger partial charge in [-0.2, -0.15) is 0 Å². The Bertz CT molecular complexity index is 840. The number of methoxy groups -OCH3 is 1. The molecule has 1 saturated carbocycles. The lowest BCUT2D eigenvalue weighted by atomic mass is 10.0. The van der Waals surface area contributed by atoms with Crippen LogP contribution in [0.1, 0.15) is 24.0 Å². The molecule has 1 aliphatic heterocycles. The van der Waals surface area contributed by atoms with E-state index in [1.165, 1.54) is 0 Å². The van der Waals surface area contributed by atoms with Gasteiger partial charge < -0.3 is 23.8 Å². The first-order valence-electron chi connectivity index (χ1n) is 10.3. The minimum Gasteiger partial charge on any atom is -0.383 e. The number of carbonyl (C=O) groups is 1. The van der Waals surface area contributed by atoms with Gasteiger partial charge in [0.1, 0.15) is 5.69 Å². The topological polar surface area (TPSA) is 68.0 Å². The van der Waals surface area contributed by atoms with Crippen LogP contribution in [0.25, 0.3) is 11.3 Å². The molecule has 7 nitrogen and oxygen atoms in total. The number of benzene rings is 1. The Hall–Kier alpha value is -2.38. The first kappa shape index (κ1) is 19.9. The predicted octanol–water partition coefficient (Wildman–Crippen LogP) is 2.87. The zero-order valence-electron chi connectivity index (χ0n) is 17.2. The molecule has 2 aliphatic rings. The molecule has 7 heteroatoms. The third kappa shape index (κ3) is 4.62. The van der Waals surface area contributed by atoms with Gasteiger partial charge in [-0.05, 0) is 25.8 Å². The summed E-state index contributed by atoms with van der Waals surface area (Å²) >= 11 is 0. The summed E-state index contributed by atoms with van der Waals surface area (Å²) in [5.41, 5.74) is 3.94. The lowest BCUT2D eigenvalue weighted by Crippen LogP contribution is -2.38. The van der Waals surface area contributed by atoms with Crippen LogP contribution in [0.5, 0.6) is 0 Å². The molecule has 29 heavy (non-hydrogen) atoms. The van der Waals surface area contributed by atoms with Gasteiger partial charge in [-0.3, -0.25) is 4.79 Å². The monoisotopic (exact) mass is 399 g/mol. The Morgan fingerprint density at radius 3 is 2.79 bits per heavy atom. The molecule has 1 aromatic heterocycles. The highest BCUT2D eigenvalue weighted by Crippen LogP contribution is 2.36. The van der Waals surface area contributed by atoms with E-state index in [1.807, 2.05) is 17.0 Å². The minimum atomic E-state index is 0.154. The molecule has 1 amide bonds. The summed E-state index contributed by atoms with van der Waals surface area (Å²) in [5.74, 6) is 1.10. The van der Waals surface area contributed by atoms with Crippen molar-refractivity contribution in [1.82, 2.24) is 10.1 Å². The molecule has 4 rings (SSSR count). The zero-order chi connectivity index (χ0) is 20.2. The van der Waals surface area contributed by atoms with E-state index in [9.17, 15) is 4.79 Å². The lowest BCUT2D eigenvalue weighted by molar-refractivity contribution is -0.133. The molecule has 2 aromatic rings. The quantitative estimate of drug-likeness (QED) is 0.680. The molecule has 1 aromatic carbocycles. The fourth-order valence-electron chi connectivity index (χ4n) is 3.73. The highest BCUT2D eigenvalue weighted by Gasteiger charge is 2.35. The lowest BCUT2D eigenvalue weighted by Gasteiger charge is -2.28. The number of hydrogen-bond donors (Lipinski definition) is 0. The minimum absolute atomic E-state index is 0.154. The van der Waals surface area contributed by atoms with Crippen LogP contribution in [0.4, 0.5) is 5.88 Å². The Kier molecular flexibility index (Phi) is 6.16. The van der Waals surface area contributed by atoms with Crippen molar-refractivity contribution in [3.8, 4) is 11.3 Å². The molecule has 2 heterocycles. The average Bonchev–Trinajstić information content (AvgIpc) is 3.51. The van der Waals surface area contributed by atoms with E-state index in [1.54, 1.807) is 7.11 Å². The first-order chi connectivity index (χ1) is 14.2. The fourth-order valence-corrected chi connectivity index (χ4v) is 3.73.